The van der Waals surface area contributed by atoms with Gasteiger partial charge in [-0.1, -0.05) is 30.7 Å². The van der Waals surface area contributed by atoms with Crippen LogP contribution in [-0.4, -0.2) is 16.7 Å². The van der Waals surface area contributed by atoms with E-state index in [2.05, 4.69) is 29.4 Å². The molecule has 0 saturated carbocycles. The first kappa shape index (κ1) is 12.0. The third kappa shape index (κ3) is 2.61. The van der Waals surface area contributed by atoms with Crippen LogP contribution >= 0.6 is 11.6 Å². The summed E-state index contributed by atoms with van der Waals surface area (Å²) in [4.78, 5) is 0. The van der Waals surface area contributed by atoms with Crippen LogP contribution in [0, 0.1) is 6.92 Å². The molecule has 0 fully saturated rings. The average Bonchev–Trinajstić information content (AvgIpc) is 2.69. The van der Waals surface area contributed by atoms with E-state index < -0.39 is 0 Å². The predicted octanol–water partition coefficient (Wildman–Crippen LogP) is 3.86. The van der Waals surface area contributed by atoms with Crippen LogP contribution in [0.1, 0.15) is 18.9 Å². The Morgan fingerprint density at radius 2 is 2.00 bits per heavy atom. The number of nitrogens with zero attached hydrogens (tertiary/aromatic N) is 1. The van der Waals surface area contributed by atoms with E-state index in [0.717, 1.165) is 40.6 Å². The van der Waals surface area contributed by atoms with Crippen LogP contribution in [-0.2, 0) is 0 Å². The van der Waals surface area contributed by atoms with E-state index in [1.165, 1.54) is 0 Å². The highest BCUT2D eigenvalue weighted by Crippen LogP contribution is 2.26. The van der Waals surface area contributed by atoms with Crippen molar-refractivity contribution in [1.82, 2.24) is 10.2 Å². The molecule has 2 N–H and O–H groups in total. The molecule has 90 valence electrons. The molecule has 0 spiro atoms. The Kier molecular flexibility index (Phi) is 3.69. The van der Waals surface area contributed by atoms with Gasteiger partial charge in [0.1, 0.15) is 0 Å². The summed E-state index contributed by atoms with van der Waals surface area (Å²) in [5, 5.41) is 11.4. The molecule has 0 amide bonds. The van der Waals surface area contributed by atoms with Crippen molar-refractivity contribution in [3.05, 3.63) is 34.9 Å². The lowest BCUT2D eigenvalue weighted by molar-refractivity contribution is 0.959. The van der Waals surface area contributed by atoms with E-state index in [-0.39, 0.29) is 0 Å². The molecule has 1 aromatic heterocycles. The van der Waals surface area contributed by atoms with Gasteiger partial charge in [0.15, 0.2) is 5.82 Å². The number of hydrogen-bond donors (Lipinski definition) is 2. The number of hydrogen-bond acceptors (Lipinski definition) is 2. The summed E-state index contributed by atoms with van der Waals surface area (Å²) >= 11 is 5.87. The third-order valence-electron chi connectivity index (χ3n) is 2.69. The van der Waals surface area contributed by atoms with Gasteiger partial charge in [0.2, 0.25) is 0 Å². The van der Waals surface area contributed by atoms with Crippen molar-refractivity contribution in [2.75, 3.05) is 11.9 Å². The molecule has 3 nitrogen and oxygen atoms in total. The Hall–Kier alpha value is -1.48. The Morgan fingerprint density at radius 3 is 2.65 bits per heavy atom. The molecule has 2 aromatic rings. The van der Waals surface area contributed by atoms with Crippen molar-refractivity contribution >= 4 is 17.4 Å². The summed E-state index contributed by atoms with van der Waals surface area (Å²) in [7, 11) is 0. The second kappa shape index (κ2) is 5.23. The number of aromatic amines is 1. The van der Waals surface area contributed by atoms with E-state index in [1.807, 2.05) is 24.3 Å². The summed E-state index contributed by atoms with van der Waals surface area (Å²) in [5.74, 6) is 0.928. The predicted molar refractivity (Wildman–Crippen MR) is 72.6 cm³/mol. The van der Waals surface area contributed by atoms with Crippen LogP contribution in [0.15, 0.2) is 24.3 Å². The molecule has 0 aliphatic rings. The lowest BCUT2D eigenvalue weighted by Gasteiger charge is -2.02. The van der Waals surface area contributed by atoms with Crippen molar-refractivity contribution in [1.29, 1.82) is 0 Å². The molecule has 4 heteroatoms. The van der Waals surface area contributed by atoms with Crippen molar-refractivity contribution in [2.24, 2.45) is 0 Å². The second-order valence-electron chi connectivity index (χ2n) is 4.01. The first-order valence-electron chi connectivity index (χ1n) is 5.77. The number of halogens is 1. The molecule has 17 heavy (non-hydrogen) atoms. The summed E-state index contributed by atoms with van der Waals surface area (Å²) in [5.41, 5.74) is 3.28. The molecule has 0 bridgehead atoms. The fourth-order valence-electron chi connectivity index (χ4n) is 1.71. The minimum absolute atomic E-state index is 0.746. The van der Waals surface area contributed by atoms with Crippen LogP contribution in [0.5, 0.6) is 0 Å². The largest absolute Gasteiger partial charge is 0.368 e. The number of aromatic nitrogens is 2. The van der Waals surface area contributed by atoms with Crippen molar-refractivity contribution in [3.63, 3.8) is 0 Å². The van der Waals surface area contributed by atoms with Crippen LogP contribution < -0.4 is 5.32 Å². The number of nitrogens with one attached hydrogen (secondary N) is 2. The van der Waals surface area contributed by atoms with Gasteiger partial charge in [0.05, 0.1) is 5.69 Å². The summed E-state index contributed by atoms with van der Waals surface area (Å²) in [6.07, 6.45) is 1.09. The highest BCUT2D eigenvalue weighted by Gasteiger charge is 2.09. The van der Waals surface area contributed by atoms with Crippen molar-refractivity contribution < 1.29 is 0 Å². The van der Waals surface area contributed by atoms with E-state index in [4.69, 9.17) is 11.6 Å². The first-order chi connectivity index (χ1) is 8.22. The number of rotatable bonds is 4. The molecular weight excluding hydrogens is 234 g/mol. The molecule has 1 heterocycles. The van der Waals surface area contributed by atoms with Gasteiger partial charge >= 0.3 is 0 Å². The van der Waals surface area contributed by atoms with Gasteiger partial charge in [-0.25, -0.2) is 0 Å². The van der Waals surface area contributed by atoms with Gasteiger partial charge in [0, 0.05) is 17.1 Å². The Morgan fingerprint density at radius 1 is 1.29 bits per heavy atom. The Labute approximate surface area is 106 Å². The van der Waals surface area contributed by atoms with Gasteiger partial charge in [-0.2, -0.15) is 5.10 Å². The number of H-pyrrole nitrogens is 1. The normalized spacial score (nSPS) is 10.5. The zero-order chi connectivity index (χ0) is 12.3. The lowest BCUT2D eigenvalue weighted by atomic mass is 10.1. The Balaban J connectivity index is 2.27. The smallest absolute Gasteiger partial charge is 0.151 e. The van der Waals surface area contributed by atoms with E-state index in [0.29, 0.717) is 0 Å². The highest BCUT2D eigenvalue weighted by atomic mass is 35.5. The molecule has 0 radical (unpaired) electrons. The zero-order valence-corrected chi connectivity index (χ0v) is 10.8. The van der Waals surface area contributed by atoms with Crippen molar-refractivity contribution in [3.8, 4) is 11.3 Å². The molecule has 0 aliphatic carbocycles. The van der Waals surface area contributed by atoms with Gasteiger partial charge in [-0.15, -0.1) is 0 Å². The fourth-order valence-corrected chi connectivity index (χ4v) is 1.84. The summed E-state index contributed by atoms with van der Waals surface area (Å²) < 4.78 is 0. The SMILES string of the molecule is CCCNc1n[nH]c(-c2ccc(Cl)cc2)c1C. The quantitative estimate of drug-likeness (QED) is 0.864. The van der Waals surface area contributed by atoms with Gasteiger partial charge in [-0.3, -0.25) is 5.10 Å². The summed E-state index contributed by atoms with van der Waals surface area (Å²) in [6, 6.07) is 7.76. The van der Waals surface area contributed by atoms with E-state index >= 15 is 0 Å². The van der Waals surface area contributed by atoms with E-state index in [1.54, 1.807) is 0 Å². The zero-order valence-electron chi connectivity index (χ0n) is 10.0. The monoisotopic (exact) mass is 249 g/mol. The molecule has 0 unspecified atom stereocenters. The third-order valence-corrected chi connectivity index (χ3v) is 2.94. The summed E-state index contributed by atoms with van der Waals surface area (Å²) in [6.45, 7) is 5.13. The highest BCUT2D eigenvalue weighted by molar-refractivity contribution is 6.30. The molecule has 0 aliphatic heterocycles. The lowest BCUT2D eigenvalue weighted by Crippen LogP contribution is -2.00. The molecular formula is C13H16ClN3. The second-order valence-corrected chi connectivity index (χ2v) is 4.44. The maximum absolute atomic E-state index is 5.87. The number of benzene rings is 1. The van der Waals surface area contributed by atoms with Crippen LogP contribution in [0.2, 0.25) is 5.02 Å². The van der Waals surface area contributed by atoms with Gasteiger partial charge in [0.25, 0.3) is 0 Å². The average molecular weight is 250 g/mol. The van der Waals surface area contributed by atoms with Crippen LogP contribution in [0.4, 0.5) is 5.82 Å². The maximum atomic E-state index is 5.87. The first-order valence-corrected chi connectivity index (χ1v) is 6.15. The van der Waals surface area contributed by atoms with Crippen LogP contribution in [0.25, 0.3) is 11.3 Å². The minimum Gasteiger partial charge on any atom is -0.368 e. The maximum Gasteiger partial charge on any atom is 0.151 e. The molecule has 1 aromatic carbocycles. The molecule has 0 atom stereocenters. The van der Waals surface area contributed by atoms with E-state index in [9.17, 15) is 0 Å². The standard InChI is InChI=1S/C13H16ClN3/c1-3-8-15-13-9(2)12(16-17-13)10-4-6-11(14)7-5-10/h4-7H,3,8H2,1-2H3,(H2,15,16,17). The van der Waals surface area contributed by atoms with Gasteiger partial charge < -0.3 is 5.32 Å². The minimum atomic E-state index is 0.746. The topological polar surface area (TPSA) is 40.7 Å². The number of anilines is 1. The Bertz CT molecular complexity index is 488. The molecule has 2 rings (SSSR count). The molecule has 0 saturated heterocycles. The van der Waals surface area contributed by atoms with Gasteiger partial charge in [-0.05, 0) is 31.0 Å². The van der Waals surface area contributed by atoms with Crippen molar-refractivity contribution in [2.45, 2.75) is 20.3 Å². The van der Waals surface area contributed by atoms with Crippen LogP contribution in [0.3, 0.4) is 0 Å². The fraction of sp³-hybridized carbons (Fsp3) is 0.308.